The Balaban J connectivity index is 1.61. The Morgan fingerprint density at radius 1 is 1.02 bits per heavy atom. The average Bonchev–Trinajstić information content (AvgIpc) is 3.34. The van der Waals surface area contributed by atoms with Crippen LogP contribution in [0.2, 0.25) is 0 Å². The molecule has 5 N–H and O–H groups in total. The molecule has 1 aliphatic rings. The third-order valence-electron chi connectivity index (χ3n) is 7.21. The van der Waals surface area contributed by atoms with Crippen molar-refractivity contribution in [3.05, 3.63) is 53.3 Å². The molecule has 1 aliphatic heterocycles. The van der Waals surface area contributed by atoms with Crippen molar-refractivity contribution in [1.82, 2.24) is 25.0 Å². The largest absolute Gasteiger partial charge is 0.508 e. The number of amides is 1. The number of carbonyl (C=O) groups excluding carboxylic acids is 1. The van der Waals surface area contributed by atoms with Crippen LogP contribution >= 0.6 is 0 Å². The first-order chi connectivity index (χ1) is 19.4. The van der Waals surface area contributed by atoms with E-state index in [1.807, 2.05) is 30.5 Å². The van der Waals surface area contributed by atoms with Crippen molar-refractivity contribution in [3.8, 4) is 28.6 Å². The Labute approximate surface area is 236 Å². The van der Waals surface area contributed by atoms with E-state index in [0.29, 0.717) is 35.9 Å². The van der Waals surface area contributed by atoms with E-state index in [1.165, 1.54) is 11.6 Å². The second kappa shape index (κ2) is 14.2. The molecular weight excluding hydrogens is 508 g/mol. The topological polar surface area (TPSA) is 139 Å². The predicted molar refractivity (Wildman–Crippen MR) is 155 cm³/mol. The number of aromatic hydroxyl groups is 2. The fourth-order valence-corrected chi connectivity index (χ4v) is 4.94. The van der Waals surface area contributed by atoms with Gasteiger partial charge in [-0.3, -0.25) is 14.3 Å². The van der Waals surface area contributed by atoms with Crippen LogP contribution in [-0.4, -0.2) is 75.2 Å². The van der Waals surface area contributed by atoms with Gasteiger partial charge in [0, 0.05) is 37.9 Å². The van der Waals surface area contributed by atoms with Crippen LogP contribution in [0.25, 0.3) is 17.1 Å². The van der Waals surface area contributed by atoms with E-state index in [2.05, 4.69) is 32.5 Å². The van der Waals surface area contributed by atoms with Crippen LogP contribution in [0.5, 0.6) is 11.5 Å². The van der Waals surface area contributed by atoms with Crippen molar-refractivity contribution >= 4 is 5.91 Å². The molecule has 4 rings (SSSR count). The van der Waals surface area contributed by atoms with Gasteiger partial charge in [0.1, 0.15) is 17.3 Å². The quantitative estimate of drug-likeness (QED) is 0.237. The summed E-state index contributed by atoms with van der Waals surface area (Å²) in [5.41, 5.74) is 8.64. The average molecular weight is 551 g/mol. The van der Waals surface area contributed by atoms with Crippen LogP contribution in [-0.2, 0) is 22.5 Å². The zero-order valence-corrected chi connectivity index (χ0v) is 23.6. The van der Waals surface area contributed by atoms with Gasteiger partial charge in [-0.2, -0.15) is 0 Å². The van der Waals surface area contributed by atoms with Crippen LogP contribution < -0.4 is 11.1 Å². The number of morpholine rings is 1. The first-order valence-corrected chi connectivity index (χ1v) is 14.2. The lowest BCUT2D eigenvalue weighted by Crippen LogP contribution is -2.35. The Hall–Kier alpha value is -3.47. The first kappa shape index (κ1) is 29.5. The monoisotopic (exact) mass is 550 g/mol. The van der Waals surface area contributed by atoms with E-state index in [9.17, 15) is 15.0 Å². The molecule has 3 aromatic rings. The number of phenols is 2. The molecule has 216 valence electrons. The third-order valence-corrected chi connectivity index (χ3v) is 7.21. The molecule has 2 heterocycles. The van der Waals surface area contributed by atoms with E-state index in [-0.39, 0.29) is 29.7 Å². The highest BCUT2D eigenvalue weighted by molar-refractivity contribution is 5.78. The predicted octanol–water partition coefficient (Wildman–Crippen LogP) is 3.48. The molecule has 0 atom stereocenters. The molecule has 1 aromatic heterocycles. The number of unbranched alkanes of at least 4 members (excludes halogenated alkanes) is 3. The number of aromatic nitrogens is 3. The molecule has 0 unspecified atom stereocenters. The molecule has 2 aromatic carbocycles. The summed E-state index contributed by atoms with van der Waals surface area (Å²) in [4.78, 5) is 15.2. The Morgan fingerprint density at radius 2 is 1.75 bits per heavy atom. The number of phenolic OH excluding ortho intramolecular Hbond substituents is 2. The van der Waals surface area contributed by atoms with E-state index in [0.717, 1.165) is 64.2 Å². The van der Waals surface area contributed by atoms with Gasteiger partial charge in [0.15, 0.2) is 5.82 Å². The molecule has 1 saturated heterocycles. The zero-order chi connectivity index (χ0) is 28.5. The third kappa shape index (κ3) is 7.59. The SMILES string of the molecule is CC(C)c1cc(-c2nnc(CC(=O)NCCCCCCN)n2-c2ccc(CN3CCOCC3)cc2)c(O)cc1O. The lowest BCUT2D eigenvalue weighted by molar-refractivity contribution is -0.120. The van der Waals surface area contributed by atoms with Crippen LogP contribution in [0.15, 0.2) is 36.4 Å². The maximum atomic E-state index is 12.9. The maximum absolute atomic E-state index is 12.9. The maximum Gasteiger partial charge on any atom is 0.227 e. The highest BCUT2D eigenvalue weighted by atomic mass is 16.5. The number of nitrogens with zero attached hydrogens (tertiary/aromatic N) is 4. The summed E-state index contributed by atoms with van der Waals surface area (Å²) in [6.07, 6.45) is 4.01. The molecule has 0 spiro atoms. The summed E-state index contributed by atoms with van der Waals surface area (Å²) in [6.45, 7) is 9.36. The van der Waals surface area contributed by atoms with Crippen molar-refractivity contribution in [3.63, 3.8) is 0 Å². The van der Waals surface area contributed by atoms with Gasteiger partial charge in [-0.25, -0.2) is 0 Å². The molecule has 10 heteroatoms. The zero-order valence-electron chi connectivity index (χ0n) is 23.6. The summed E-state index contributed by atoms with van der Waals surface area (Å²) in [5.74, 6) is 0.694. The summed E-state index contributed by atoms with van der Waals surface area (Å²) in [5, 5.41) is 33.0. The molecule has 0 radical (unpaired) electrons. The fourth-order valence-electron chi connectivity index (χ4n) is 4.94. The molecule has 40 heavy (non-hydrogen) atoms. The van der Waals surface area contributed by atoms with Crippen molar-refractivity contribution < 1.29 is 19.7 Å². The van der Waals surface area contributed by atoms with Gasteiger partial charge in [0.25, 0.3) is 0 Å². The first-order valence-electron chi connectivity index (χ1n) is 14.2. The van der Waals surface area contributed by atoms with Gasteiger partial charge in [0.05, 0.1) is 25.2 Å². The summed E-state index contributed by atoms with van der Waals surface area (Å²) < 4.78 is 7.27. The normalized spacial score (nSPS) is 14.1. The van der Waals surface area contributed by atoms with E-state index in [1.54, 1.807) is 6.07 Å². The standard InChI is InChI=1S/C30H42N6O4/c1-21(2)24-17-25(27(38)18-26(24)37)30-34-33-28(19-29(39)32-12-6-4-3-5-11-31)36(30)23-9-7-22(8-10-23)20-35-13-15-40-16-14-35/h7-10,17-18,21,37-38H,3-6,11-16,19-20,31H2,1-2H3,(H,32,39). The van der Waals surface area contributed by atoms with Gasteiger partial charge in [-0.1, -0.05) is 38.8 Å². The molecule has 0 aliphatic carbocycles. The number of carbonyl (C=O) groups is 1. The van der Waals surface area contributed by atoms with Crippen LogP contribution in [0.1, 0.15) is 62.4 Å². The molecule has 0 saturated carbocycles. The highest BCUT2D eigenvalue weighted by Crippen LogP contribution is 2.38. The molecule has 10 nitrogen and oxygen atoms in total. The fraction of sp³-hybridized carbons (Fsp3) is 0.500. The van der Waals surface area contributed by atoms with Crippen LogP contribution in [0, 0.1) is 0 Å². The summed E-state index contributed by atoms with van der Waals surface area (Å²) >= 11 is 0. The summed E-state index contributed by atoms with van der Waals surface area (Å²) in [6, 6.07) is 11.2. The number of nitrogens with one attached hydrogen (secondary N) is 1. The van der Waals surface area contributed by atoms with E-state index in [4.69, 9.17) is 10.5 Å². The minimum Gasteiger partial charge on any atom is -0.508 e. The van der Waals surface area contributed by atoms with Gasteiger partial charge in [-0.05, 0) is 54.6 Å². The summed E-state index contributed by atoms with van der Waals surface area (Å²) in [7, 11) is 0. The lowest BCUT2D eigenvalue weighted by atomic mass is 9.98. The Kier molecular flexibility index (Phi) is 10.5. The number of ether oxygens (including phenoxy) is 1. The molecular formula is C30H42N6O4. The Morgan fingerprint density at radius 3 is 2.45 bits per heavy atom. The second-order valence-electron chi connectivity index (χ2n) is 10.6. The lowest BCUT2D eigenvalue weighted by Gasteiger charge is -2.26. The number of hydrogen-bond donors (Lipinski definition) is 4. The minimum absolute atomic E-state index is 0.0286. The van der Waals surface area contributed by atoms with Gasteiger partial charge >= 0.3 is 0 Å². The Bertz CT molecular complexity index is 1250. The smallest absolute Gasteiger partial charge is 0.227 e. The molecule has 0 bridgehead atoms. The number of hydrogen-bond acceptors (Lipinski definition) is 8. The van der Waals surface area contributed by atoms with Crippen molar-refractivity contribution in [2.24, 2.45) is 5.73 Å². The number of rotatable bonds is 13. The minimum atomic E-state index is -0.138. The van der Waals surface area contributed by atoms with Gasteiger partial charge in [0.2, 0.25) is 5.91 Å². The van der Waals surface area contributed by atoms with Crippen molar-refractivity contribution in [2.45, 2.75) is 58.4 Å². The van der Waals surface area contributed by atoms with Crippen molar-refractivity contribution in [2.75, 3.05) is 39.4 Å². The van der Waals surface area contributed by atoms with Crippen LogP contribution in [0.4, 0.5) is 0 Å². The molecule has 1 fully saturated rings. The highest BCUT2D eigenvalue weighted by Gasteiger charge is 2.22. The van der Waals surface area contributed by atoms with E-state index >= 15 is 0 Å². The number of benzene rings is 2. The van der Waals surface area contributed by atoms with Gasteiger partial charge in [-0.15, -0.1) is 10.2 Å². The molecule has 1 amide bonds. The van der Waals surface area contributed by atoms with E-state index < -0.39 is 0 Å². The number of nitrogens with two attached hydrogens (primary N) is 1. The van der Waals surface area contributed by atoms with Gasteiger partial charge < -0.3 is 26.0 Å². The second-order valence-corrected chi connectivity index (χ2v) is 10.6. The van der Waals surface area contributed by atoms with Crippen molar-refractivity contribution in [1.29, 1.82) is 0 Å². The van der Waals surface area contributed by atoms with Crippen LogP contribution in [0.3, 0.4) is 0 Å².